The Kier molecular flexibility index (Phi) is 6.02. The monoisotopic (exact) mass is 464 g/mol. The molecule has 0 radical (unpaired) electrons. The Bertz CT molecular complexity index is 1080. The summed E-state index contributed by atoms with van der Waals surface area (Å²) in [7, 11) is -3.92. The molecule has 2 aromatic rings. The van der Waals surface area contributed by atoms with E-state index in [1.807, 2.05) is 6.07 Å². The number of nitrogens with zero attached hydrogens (tertiary/aromatic N) is 2. The van der Waals surface area contributed by atoms with Crippen LogP contribution in [0, 0.1) is 5.82 Å². The second kappa shape index (κ2) is 8.44. The minimum absolute atomic E-state index is 0.0227. The summed E-state index contributed by atoms with van der Waals surface area (Å²) < 4.78 is 46.9. The fourth-order valence-electron chi connectivity index (χ4n) is 3.70. The molecule has 1 saturated heterocycles. The molecule has 0 bridgehead atoms. The molecule has 0 unspecified atom stereocenters. The maximum Gasteiger partial charge on any atom is 0.264 e. The average Bonchev–Trinajstić information content (AvgIpc) is 2.88. The Morgan fingerprint density at radius 3 is 2.42 bits per heavy atom. The summed E-state index contributed by atoms with van der Waals surface area (Å²) in [6.45, 7) is 6.41. The molecular weight excluding hydrogens is 439 g/mol. The summed E-state index contributed by atoms with van der Waals surface area (Å²) in [5, 5.41) is 0. The van der Waals surface area contributed by atoms with Crippen molar-refractivity contribution in [3.63, 3.8) is 0 Å². The fourth-order valence-corrected chi connectivity index (χ4v) is 6.44. The van der Waals surface area contributed by atoms with Crippen molar-refractivity contribution < 1.29 is 22.3 Å². The van der Waals surface area contributed by atoms with Gasteiger partial charge in [-0.15, -0.1) is 11.8 Å². The van der Waals surface area contributed by atoms with E-state index in [4.69, 9.17) is 4.74 Å². The first-order chi connectivity index (χ1) is 14.7. The average molecular weight is 465 g/mol. The lowest BCUT2D eigenvalue weighted by molar-refractivity contribution is 0.0303. The van der Waals surface area contributed by atoms with Crippen molar-refractivity contribution in [3.05, 3.63) is 53.8 Å². The highest BCUT2D eigenvalue weighted by Gasteiger charge is 2.35. The predicted octanol–water partition coefficient (Wildman–Crippen LogP) is 3.77. The number of rotatable bonds is 3. The van der Waals surface area contributed by atoms with Crippen molar-refractivity contribution in [2.75, 3.05) is 37.2 Å². The lowest BCUT2D eigenvalue weighted by Crippen LogP contribution is -2.40. The maximum absolute atomic E-state index is 13.5. The Morgan fingerprint density at radius 2 is 1.74 bits per heavy atom. The van der Waals surface area contributed by atoms with E-state index < -0.39 is 15.8 Å². The molecule has 0 aromatic heterocycles. The Hall–Kier alpha value is -2.10. The summed E-state index contributed by atoms with van der Waals surface area (Å²) in [6.07, 6.45) is 0.625. The van der Waals surface area contributed by atoms with Gasteiger partial charge in [-0.1, -0.05) is 13.8 Å². The number of amides is 1. The molecule has 0 N–H and O–H groups in total. The number of carbonyl (C=O) groups excluding carboxylic acids is 1. The van der Waals surface area contributed by atoms with Gasteiger partial charge in [0.05, 0.1) is 23.8 Å². The van der Waals surface area contributed by atoms with Gasteiger partial charge in [0.2, 0.25) is 0 Å². The van der Waals surface area contributed by atoms with E-state index in [-0.39, 0.29) is 22.1 Å². The summed E-state index contributed by atoms with van der Waals surface area (Å²) >= 11 is 1.60. The van der Waals surface area contributed by atoms with Crippen LogP contribution < -0.4 is 4.31 Å². The number of carbonyl (C=O) groups is 1. The number of hydrogen-bond acceptors (Lipinski definition) is 5. The quantitative estimate of drug-likeness (QED) is 0.692. The first kappa shape index (κ1) is 22.1. The van der Waals surface area contributed by atoms with E-state index >= 15 is 0 Å². The van der Waals surface area contributed by atoms with Crippen LogP contribution in [-0.4, -0.2) is 56.8 Å². The van der Waals surface area contributed by atoms with Crippen molar-refractivity contribution in [2.24, 2.45) is 0 Å². The Balaban J connectivity index is 1.77. The fraction of sp³-hybridized carbons (Fsp3) is 0.409. The zero-order valence-electron chi connectivity index (χ0n) is 17.5. The van der Waals surface area contributed by atoms with Crippen LogP contribution in [0.1, 0.15) is 30.6 Å². The highest BCUT2D eigenvalue weighted by atomic mass is 32.2. The van der Waals surface area contributed by atoms with Gasteiger partial charge in [-0.05, 0) is 48.9 Å². The van der Waals surface area contributed by atoms with Gasteiger partial charge in [0, 0.05) is 34.8 Å². The third-order valence-electron chi connectivity index (χ3n) is 5.48. The van der Waals surface area contributed by atoms with Crippen molar-refractivity contribution in [1.29, 1.82) is 0 Å². The molecule has 0 atom stereocenters. The van der Waals surface area contributed by atoms with Crippen molar-refractivity contribution in [3.8, 4) is 0 Å². The summed E-state index contributed by atoms with van der Waals surface area (Å²) in [6, 6.07) is 10.1. The number of sulfonamides is 1. The molecule has 0 saturated carbocycles. The molecule has 2 aliphatic rings. The third kappa shape index (κ3) is 4.58. The molecule has 2 aromatic carbocycles. The minimum atomic E-state index is -3.92. The minimum Gasteiger partial charge on any atom is -0.378 e. The summed E-state index contributed by atoms with van der Waals surface area (Å²) in [5.41, 5.74) is 0.930. The first-order valence-electron chi connectivity index (χ1n) is 10.2. The molecule has 2 aliphatic heterocycles. The molecule has 2 heterocycles. The molecular formula is C22H25FN2O4S2. The van der Waals surface area contributed by atoms with Crippen LogP contribution in [0.3, 0.4) is 0 Å². The largest absolute Gasteiger partial charge is 0.378 e. The van der Waals surface area contributed by atoms with E-state index in [1.54, 1.807) is 28.8 Å². The van der Waals surface area contributed by atoms with Crippen LogP contribution >= 0.6 is 11.8 Å². The van der Waals surface area contributed by atoms with E-state index in [9.17, 15) is 17.6 Å². The number of halogens is 1. The lowest BCUT2D eigenvalue weighted by Gasteiger charge is -2.28. The highest BCUT2D eigenvalue weighted by molar-refractivity contribution is 8.01. The molecule has 0 spiro atoms. The van der Waals surface area contributed by atoms with Gasteiger partial charge in [0.25, 0.3) is 15.9 Å². The maximum atomic E-state index is 13.5. The van der Waals surface area contributed by atoms with Crippen LogP contribution in [0.25, 0.3) is 0 Å². The predicted molar refractivity (Wildman–Crippen MR) is 119 cm³/mol. The Morgan fingerprint density at radius 1 is 1.06 bits per heavy atom. The number of ether oxygens (including phenoxy) is 1. The second-order valence-electron chi connectivity index (χ2n) is 8.23. The van der Waals surface area contributed by atoms with Gasteiger partial charge >= 0.3 is 0 Å². The summed E-state index contributed by atoms with van der Waals surface area (Å²) in [4.78, 5) is 15.6. The smallest absolute Gasteiger partial charge is 0.264 e. The third-order valence-corrected chi connectivity index (χ3v) is 8.63. The molecule has 4 rings (SSSR count). The van der Waals surface area contributed by atoms with Gasteiger partial charge in [-0.2, -0.15) is 0 Å². The lowest BCUT2D eigenvalue weighted by atomic mass is 10.1. The van der Waals surface area contributed by atoms with Gasteiger partial charge in [0.1, 0.15) is 5.82 Å². The molecule has 1 fully saturated rings. The highest BCUT2D eigenvalue weighted by Crippen LogP contribution is 2.45. The van der Waals surface area contributed by atoms with E-state index in [2.05, 4.69) is 13.8 Å². The van der Waals surface area contributed by atoms with E-state index in [0.717, 1.165) is 17.0 Å². The van der Waals surface area contributed by atoms with Crippen LogP contribution in [0.5, 0.6) is 0 Å². The van der Waals surface area contributed by atoms with Crippen LogP contribution in [0.2, 0.25) is 0 Å². The normalized spacial score (nSPS) is 18.9. The first-order valence-corrected chi connectivity index (χ1v) is 12.4. The molecule has 1 amide bonds. The van der Waals surface area contributed by atoms with Crippen LogP contribution in [0.4, 0.5) is 10.1 Å². The Labute approximate surface area is 186 Å². The van der Waals surface area contributed by atoms with Crippen molar-refractivity contribution in [1.82, 2.24) is 4.90 Å². The molecule has 0 aliphatic carbocycles. The number of morpholine rings is 1. The number of anilines is 1. The van der Waals surface area contributed by atoms with Gasteiger partial charge in [0.15, 0.2) is 0 Å². The molecule has 9 heteroatoms. The van der Waals surface area contributed by atoms with Crippen molar-refractivity contribution in [2.45, 2.75) is 34.8 Å². The number of fused-ring (bicyclic) bond motifs is 1. The van der Waals surface area contributed by atoms with Crippen molar-refractivity contribution >= 4 is 33.4 Å². The number of hydrogen-bond donors (Lipinski definition) is 0. The van der Waals surface area contributed by atoms with Gasteiger partial charge in [-0.25, -0.2) is 12.8 Å². The zero-order valence-corrected chi connectivity index (χ0v) is 19.1. The van der Waals surface area contributed by atoms with E-state index in [1.165, 1.54) is 16.4 Å². The second-order valence-corrected chi connectivity index (χ2v) is 11.8. The van der Waals surface area contributed by atoms with Gasteiger partial charge < -0.3 is 9.64 Å². The molecule has 166 valence electrons. The van der Waals surface area contributed by atoms with Crippen LogP contribution in [0.15, 0.2) is 52.3 Å². The zero-order chi connectivity index (χ0) is 22.2. The standard InChI is InChI=1S/C22H25FN2O4S2/c1-22(2)9-10-25(31(27,28)18-6-4-17(23)5-7-18)19-15-16(3-8-20(19)30-22)21(26)24-11-13-29-14-12-24/h3-8,15H,9-14H2,1-2H3. The van der Waals surface area contributed by atoms with E-state index in [0.29, 0.717) is 44.0 Å². The molecule has 6 nitrogen and oxygen atoms in total. The summed E-state index contributed by atoms with van der Waals surface area (Å²) in [5.74, 6) is -0.635. The molecule has 31 heavy (non-hydrogen) atoms. The number of thioether (sulfide) groups is 1. The topological polar surface area (TPSA) is 66.9 Å². The SMILES string of the molecule is CC1(C)CCN(S(=O)(=O)c2ccc(F)cc2)c2cc(C(=O)N3CCOCC3)ccc2S1. The number of benzene rings is 2. The van der Waals surface area contributed by atoms with Gasteiger partial charge in [-0.3, -0.25) is 9.10 Å². The van der Waals surface area contributed by atoms with Crippen LogP contribution in [-0.2, 0) is 14.8 Å².